The van der Waals surface area contributed by atoms with Crippen LogP contribution in [-0.4, -0.2) is 38.4 Å². The van der Waals surface area contributed by atoms with Crippen molar-refractivity contribution in [2.45, 2.75) is 18.9 Å². The van der Waals surface area contributed by atoms with Gasteiger partial charge in [0.1, 0.15) is 0 Å². The number of hydrogen-bond donors (Lipinski definition) is 2. The summed E-state index contributed by atoms with van der Waals surface area (Å²) in [4.78, 5) is 10.4. The zero-order chi connectivity index (χ0) is 9.90. The van der Waals surface area contributed by atoms with Crippen molar-refractivity contribution in [2.24, 2.45) is 5.73 Å². The maximum atomic E-state index is 11.1. The Hall–Kier alpha value is -0.620. The third-order valence-corrected chi connectivity index (χ3v) is 3.85. The van der Waals surface area contributed by atoms with Gasteiger partial charge in [0.25, 0.3) is 0 Å². The highest BCUT2D eigenvalue weighted by molar-refractivity contribution is 7.91. The van der Waals surface area contributed by atoms with Crippen LogP contribution in [0.3, 0.4) is 0 Å². The molecule has 1 unspecified atom stereocenters. The van der Waals surface area contributed by atoms with E-state index in [4.69, 9.17) is 5.73 Å². The second-order valence-corrected chi connectivity index (χ2v) is 5.53. The Morgan fingerprint density at radius 2 is 2.23 bits per heavy atom. The lowest BCUT2D eigenvalue weighted by molar-refractivity contribution is -0.117. The minimum atomic E-state index is -2.89. The summed E-state index contributed by atoms with van der Waals surface area (Å²) in [6.07, 6.45) is 1.46. The Morgan fingerprint density at radius 3 is 2.77 bits per heavy atom. The number of rotatable bonds is 3. The summed E-state index contributed by atoms with van der Waals surface area (Å²) >= 11 is 0. The Balaban J connectivity index is 2.39. The molecule has 76 valence electrons. The second kappa shape index (κ2) is 4.06. The van der Waals surface area contributed by atoms with E-state index in [1.54, 1.807) is 0 Å². The van der Waals surface area contributed by atoms with Crippen LogP contribution < -0.4 is 11.1 Å². The number of carbonyl (C=O) groups is 1. The minimum absolute atomic E-state index is 0.0557. The van der Waals surface area contributed by atoms with E-state index in [0.29, 0.717) is 6.42 Å². The third kappa shape index (κ3) is 3.73. The van der Waals surface area contributed by atoms with Gasteiger partial charge in [-0.15, -0.1) is 0 Å². The van der Waals surface area contributed by atoms with Crippen LogP contribution in [0.1, 0.15) is 12.8 Å². The maximum Gasteiger partial charge on any atom is 0.231 e. The quantitative estimate of drug-likeness (QED) is 0.596. The molecule has 1 atom stereocenters. The summed E-state index contributed by atoms with van der Waals surface area (Å²) in [6.45, 7) is 0.0557. The van der Waals surface area contributed by atoms with Crippen LogP contribution in [0.15, 0.2) is 0 Å². The van der Waals surface area contributed by atoms with Crippen molar-refractivity contribution in [2.75, 3.05) is 18.1 Å². The lowest BCUT2D eigenvalue weighted by atomic mass is 10.2. The van der Waals surface area contributed by atoms with Crippen molar-refractivity contribution in [1.82, 2.24) is 5.32 Å². The van der Waals surface area contributed by atoms with Gasteiger partial charge in [0, 0.05) is 6.04 Å². The highest BCUT2D eigenvalue weighted by Gasteiger charge is 2.24. The highest BCUT2D eigenvalue weighted by Crippen LogP contribution is 2.11. The lowest BCUT2D eigenvalue weighted by Crippen LogP contribution is -2.43. The molecule has 1 aliphatic rings. The Morgan fingerprint density at radius 1 is 1.54 bits per heavy atom. The maximum absolute atomic E-state index is 11.1. The van der Waals surface area contributed by atoms with Crippen LogP contribution in [-0.2, 0) is 14.6 Å². The van der Waals surface area contributed by atoms with Crippen molar-refractivity contribution < 1.29 is 13.2 Å². The molecule has 1 rings (SSSR count). The molecule has 1 heterocycles. The predicted molar refractivity (Wildman–Crippen MR) is 48.9 cm³/mol. The average Bonchev–Trinajstić information content (AvgIpc) is 1.99. The monoisotopic (exact) mass is 206 g/mol. The molecule has 6 heteroatoms. The van der Waals surface area contributed by atoms with Gasteiger partial charge in [0.05, 0.1) is 18.1 Å². The molecule has 1 fully saturated rings. The van der Waals surface area contributed by atoms with Gasteiger partial charge in [0.15, 0.2) is 9.84 Å². The molecule has 1 amide bonds. The van der Waals surface area contributed by atoms with Gasteiger partial charge in [0.2, 0.25) is 5.91 Å². The molecule has 0 saturated carbocycles. The number of sulfone groups is 1. The van der Waals surface area contributed by atoms with E-state index in [2.05, 4.69) is 5.32 Å². The van der Waals surface area contributed by atoms with Crippen LogP contribution >= 0.6 is 0 Å². The van der Waals surface area contributed by atoms with Gasteiger partial charge >= 0.3 is 0 Å². The van der Waals surface area contributed by atoms with Gasteiger partial charge in [-0.25, -0.2) is 8.42 Å². The van der Waals surface area contributed by atoms with E-state index < -0.39 is 15.7 Å². The molecule has 0 aromatic carbocycles. The number of nitrogens with one attached hydrogen (secondary N) is 1. The number of amides is 1. The van der Waals surface area contributed by atoms with Crippen LogP contribution in [0.2, 0.25) is 0 Å². The minimum Gasteiger partial charge on any atom is -0.369 e. The molecule has 0 radical (unpaired) electrons. The van der Waals surface area contributed by atoms with E-state index in [0.717, 1.165) is 6.42 Å². The van der Waals surface area contributed by atoms with Crippen molar-refractivity contribution in [3.63, 3.8) is 0 Å². The van der Waals surface area contributed by atoms with Crippen LogP contribution in [0.25, 0.3) is 0 Å². The fourth-order valence-electron chi connectivity index (χ4n) is 1.43. The second-order valence-electron chi connectivity index (χ2n) is 3.30. The number of nitrogens with two attached hydrogens (primary N) is 1. The van der Waals surface area contributed by atoms with E-state index in [9.17, 15) is 13.2 Å². The van der Waals surface area contributed by atoms with Gasteiger partial charge in [-0.05, 0) is 12.8 Å². The fraction of sp³-hybridized carbons (Fsp3) is 0.857. The van der Waals surface area contributed by atoms with E-state index >= 15 is 0 Å². The number of hydrogen-bond acceptors (Lipinski definition) is 4. The van der Waals surface area contributed by atoms with Crippen molar-refractivity contribution in [1.29, 1.82) is 0 Å². The topological polar surface area (TPSA) is 89.3 Å². The van der Waals surface area contributed by atoms with Crippen LogP contribution in [0, 0.1) is 0 Å². The van der Waals surface area contributed by atoms with Gasteiger partial charge in [-0.3, -0.25) is 4.79 Å². The highest BCUT2D eigenvalue weighted by atomic mass is 32.2. The van der Waals surface area contributed by atoms with E-state index in [-0.39, 0.29) is 24.1 Å². The largest absolute Gasteiger partial charge is 0.369 e. The standard InChI is InChI=1S/C7H14N2O3S/c8-7(10)4-9-6-2-1-3-13(11,12)5-6/h6,9H,1-5H2,(H2,8,10). The molecule has 0 spiro atoms. The third-order valence-electron chi connectivity index (χ3n) is 2.03. The Kier molecular flexibility index (Phi) is 3.27. The predicted octanol–water partition coefficient (Wildman–Crippen LogP) is -1.36. The average molecular weight is 206 g/mol. The van der Waals surface area contributed by atoms with Gasteiger partial charge < -0.3 is 11.1 Å². The first-order valence-corrected chi connectivity index (χ1v) is 6.04. The SMILES string of the molecule is NC(=O)CNC1CCCS(=O)(=O)C1. The summed E-state index contributed by atoms with van der Waals surface area (Å²) in [5, 5.41) is 2.82. The molecule has 13 heavy (non-hydrogen) atoms. The summed E-state index contributed by atoms with van der Waals surface area (Å²) < 4.78 is 22.3. The number of primary amides is 1. The summed E-state index contributed by atoms with van der Waals surface area (Å²) in [7, 11) is -2.89. The molecule has 1 aliphatic heterocycles. The van der Waals surface area contributed by atoms with Crippen LogP contribution in [0.4, 0.5) is 0 Å². The fourth-order valence-corrected chi connectivity index (χ4v) is 3.10. The summed E-state index contributed by atoms with van der Waals surface area (Å²) in [6, 6.07) is -0.105. The summed E-state index contributed by atoms with van der Waals surface area (Å²) in [5.74, 6) is -0.0647. The van der Waals surface area contributed by atoms with Gasteiger partial charge in [-0.2, -0.15) is 0 Å². The lowest BCUT2D eigenvalue weighted by Gasteiger charge is -2.22. The molecular weight excluding hydrogens is 192 g/mol. The number of carbonyl (C=O) groups excluding carboxylic acids is 1. The molecule has 1 saturated heterocycles. The Bertz CT molecular complexity index is 286. The molecular formula is C7H14N2O3S. The molecule has 0 aromatic rings. The first kappa shape index (κ1) is 10.5. The van der Waals surface area contributed by atoms with Crippen LogP contribution in [0.5, 0.6) is 0 Å². The molecule has 0 aliphatic carbocycles. The molecule has 0 aromatic heterocycles. The molecule has 5 nitrogen and oxygen atoms in total. The first-order valence-electron chi connectivity index (χ1n) is 4.22. The first-order chi connectivity index (χ1) is 5.99. The van der Waals surface area contributed by atoms with E-state index in [1.807, 2.05) is 0 Å². The molecule has 0 bridgehead atoms. The molecule has 3 N–H and O–H groups in total. The normalized spacial score (nSPS) is 26.9. The van der Waals surface area contributed by atoms with E-state index in [1.165, 1.54) is 0 Å². The van der Waals surface area contributed by atoms with Crippen molar-refractivity contribution >= 4 is 15.7 Å². The van der Waals surface area contributed by atoms with Crippen molar-refractivity contribution in [3.8, 4) is 0 Å². The smallest absolute Gasteiger partial charge is 0.231 e. The zero-order valence-electron chi connectivity index (χ0n) is 7.32. The van der Waals surface area contributed by atoms with Crippen molar-refractivity contribution in [3.05, 3.63) is 0 Å². The van der Waals surface area contributed by atoms with Gasteiger partial charge in [-0.1, -0.05) is 0 Å². The Labute approximate surface area is 77.6 Å². The zero-order valence-corrected chi connectivity index (χ0v) is 8.14. The summed E-state index contributed by atoms with van der Waals surface area (Å²) in [5.41, 5.74) is 4.93.